The van der Waals surface area contributed by atoms with E-state index in [0.717, 1.165) is 0 Å². The zero-order chi connectivity index (χ0) is 11.7. The lowest BCUT2D eigenvalue weighted by Gasteiger charge is -2.04. The first-order chi connectivity index (χ1) is 6.36. The number of rotatable bonds is 4. The molecule has 0 aliphatic carbocycles. The van der Waals surface area contributed by atoms with E-state index in [4.69, 9.17) is 20.4 Å². The van der Waals surface area contributed by atoms with Crippen LogP contribution in [0.2, 0.25) is 0 Å². The minimum absolute atomic E-state index is 0. The van der Waals surface area contributed by atoms with Gasteiger partial charge in [0.2, 0.25) is 0 Å². The van der Waals surface area contributed by atoms with E-state index in [1.54, 1.807) is 0 Å². The first kappa shape index (κ1) is 24.1. The molecule has 0 amide bonds. The highest BCUT2D eigenvalue weighted by Gasteiger charge is 1.99. The van der Waals surface area contributed by atoms with Gasteiger partial charge in [-0.2, -0.15) is 0 Å². The predicted octanol–water partition coefficient (Wildman–Crippen LogP) is -5.07. The number of aliphatic hydroxyl groups excluding tert-OH is 4. The van der Waals surface area contributed by atoms with Gasteiger partial charge in [0.25, 0.3) is 0 Å². The topological polar surface area (TPSA) is 234 Å². The molecule has 0 saturated heterocycles. The molecule has 0 aromatic carbocycles. The summed E-state index contributed by atoms with van der Waals surface area (Å²) in [7, 11) is 0. The Morgan fingerprint density at radius 3 is 1.06 bits per heavy atom. The molecular formula is C6H18N2O8. The number of carbonyl (C=O) groups excluding carboxylic acids is 2. The SMILES string of the molecule is O=C([O-])C(O)CO.O=C([O-])C(O)CO.[NH4+].[NH4+]. The van der Waals surface area contributed by atoms with Crippen LogP contribution in [0.1, 0.15) is 0 Å². The highest BCUT2D eigenvalue weighted by Crippen LogP contribution is 1.72. The van der Waals surface area contributed by atoms with Gasteiger partial charge in [0.1, 0.15) is 12.2 Å². The maximum atomic E-state index is 9.41. The number of hydrogen-bond acceptors (Lipinski definition) is 8. The van der Waals surface area contributed by atoms with Gasteiger partial charge < -0.3 is 52.5 Å². The molecule has 0 aromatic heterocycles. The molecule has 0 fully saturated rings. The van der Waals surface area contributed by atoms with Gasteiger partial charge in [-0.25, -0.2) is 0 Å². The maximum absolute atomic E-state index is 9.41. The van der Waals surface area contributed by atoms with Gasteiger partial charge in [0.15, 0.2) is 0 Å². The first-order valence-corrected chi connectivity index (χ1v) is 3.36. The number of carbonyl (C=O) groups is 2. The number of carboxylic acids is 2. The van der Waals surface area contributed by atoms with Crippen LogP contribution < -0.4 is 22.5 Å². The summed E-state index contributed by atoms with van der Waals surface area (Å²) in [6.45, 7) is -1.58. The minimum atomic E-state index is -1.74. The van der Waals surface area contributed by atoms with Crippen molar-refractivity contribution < 1.29 is 40.2 Å². The second-order valence-corrected chi connectivity index (χ2v) is 2.03. The smallest absolute Gasteiger partial charge is 0.116 e. The molecule has 0 bridgehead atoms. The number of aliphatic carboxylic acids is 2. The first-order valence-electron chi connectivity index (χ1n) is 3.36. The van der Waals surface area contributed by atoms with E-state index in [9.17, 15) is 19.8 Å². The third-order valence-corrected chi connectivity index (χ3v) is 0.890. The lowest BCUT2D eigenvalue weighted by atomic mass is 10.4. The van der Waals surface area contributed by atoms with Crippen molar-refractivity contribution in [3.8, 4) is 0 Å². The molecule has 10 heteroatoms. The molecule has 0 rings (SSSR count). The van der Waals surface area contributed by atoms with Gasteiger partial charge in [-0.1, -0.05) is 0 Å². The quantitative estimate of drug-likeness (QED) is 0.280. The summed E-state index contributed by atoms with van der Waals surface area (Å²) in [6.07, 6.45) is -3.47. The van der Waals surface area contributed by atoms with E-state index in [0.29, 0.717) is 0 Å². The van der Waals surface area contributed by atoms with Gasteiger partial charge in [0.05, 0.1) is 25.2 Å². The van der Waals surface area contributed by atoms with Crippen LogP contribution >= 0.6 is 0 Å². The lowest BCUT2D eigenvalue weighted by Crippen LogP contribution is -2.37. The largest absolute Gasteiger partial charge is 0.547 e. The van der Waals surface area contributed by atoms with E-state index < -0.39 is 37.4 Å². The van der Waals surface area contributed by atoms with Crippen molar-refractivity contribution in [3.63, 3.8) is 0 Å². The molecule has 0 aromatic rings. The van der Waals surface area contributed by atoms with Crippen molar-refractivity contribution in [1.29, 1.82) is 0 Å². The molecule has 2 unspecified atom stereocenters. The number of quaternary nitrogens is 2. The van der Waals surface area contributed by atoms with E-state index in [1.807, 2.05) is 0 Å². The zero-order valence-corrected chi connectivity index (χ0v) is 8.99. The molecule has 12 N–H and O–H groups in total. The van der Waals surface area contributed by atoms with Crippen LogP contribution in [0.4, 0.5) is 0 Å². The molecule has 2 atom stereocenters. The standard InChI is InChI=1S/2C3H6O4.2H3N/c2*4-1-2(5)3(6)7;;/h2*2,4-5H,1H2,(H,6,7);2*1H3. The van der Waals surface area contributed by atoms with E-state index in [-0.39, 0.29) is 12.3 Å². The summed E-state index contributed by atoms with van der Waals surface area (Å²) in [4.78, 5) is 18.8. The lowest BCUT2D eigenvalue weighted by molar-refractivity contribution is -0.317. The van der Waals surface area contributed by atoms with Crippen molar-refractivity contribution >= 4 is 11.9 Å². The van der Waals surface area contributed by atoms with Gasteiger partial charge >= 0.3 is 0 Å². The fraction of sp³-hybridized carbons (Fsp3) is 0.667. The van der Waals surface area contributed by atoms with Crippen LogP contribution in [0.3, 0.4) is 0 Å². The fourth-order valence-electron chi connectivity index (χ4n) is 0.149. The highest BCUT2D eigenvalue weighted by molar-refractivity contribution is 5.69. The van der Waals surface area contributed by atoms with Gasteiger partial charge in [-0.3, -0.25) is 0 Å². The molecule has 16 heavy (non-hydrogen) atoms. The van der Waals surface area contributed by atoms with Crippen molar-refractivity contribution in [2.75, 3.05) is 13.2 Å². The Hall–Kier alpha value is -1.30. The summed E-state index contributed by atoms with van der Waals surface area (Å²) in [5, 5.41) is 50.5. The Labute approximate surface area is 90.9 Å². The van der Waals surface area contributed by atoms with Crippen LogP contribution in [0.25, 0.3) is 0 Å². The summed E-state index contributed by atoms with van der Waals surface area (Å²) in [5.74, 6) is -3.30. The van der Waals surface area contributed by atoms with Crippen molar-refractivity contribution in [2.24, 2.45) is 0 Å². The fourth-order valence-corrected chi connectivity index (χ4v) is 0.149. The third-order valence-electron chi connectivity index (χ3n) is 0.890. The molecule has 0 radical (unpaired) electrons. The molecule has 0 aliphatic rings. The Bertz CT molecular complexity index is 167. The molecule has 0 aliphatic heterocycles. The Morgan fingerprint density at radius 2 is 1.06 bits per heavy atom. The number of hydrogen-bond donors (Lipinski definition) is 6. The zero-order valence-electron chi connectivity index (χ0n) is 8.99. The summed E-state index contributed by atoms with van der Waals surface area (Å²) < 4.78 is 0. The Balaban J connectivity index is -0.0000000800. The summed E-state index contributed by atoms with van der Waals surface area (Å²) in [6, 6.07) is 0. The van der Waals surface area contributed by atoms with Gasteiger partial charge in [-0.05, 0) is 0 Å². The third kappa shape index (κ3) is 15.2. The number of aliphatic hydroxyl groups is 4. The van der Waals surface area contributed by atoms with Crippen molar-refractivity contribution in [1.82, 2.24) is 12.3 Å². The van der Waals surface area contributed by atoms with Crippen LogP contribution in [-0.2, 0) is 9.59 Å². The van der Waals surface area contributed by atoms with Crippen LogP contribution in [-0.4, -0.2) is 57.8 Å². The average Bonchev–Trinajstić information content (AvgIpc) is 2.15. The second kappa shape index (κ2) is 13.7. The van der Waals surface area contributed by atoms with Crippen LogP contribution in [0.15, 0.2) is 0 Å². The normalized spacial score (nSPS) is 11.8. The molecule has 0 heterocycles. The van der Waals surface area contributed by atoms with E-state index >= 15 is 0 Å². The maximum Gasteiger partial charge on any atom is 0.116 e. The second-order valence-electron chi connectivity index (χ2n) is 2.03. The minimum Gasteiger partial charge on any atom is -0.547 e. The van der Waals surface area contributed by atoms with E-state index in [2.05, 4.69) is 0 Å². The van der Waals surface area contributed by atoms with Gasteiger partial charge in [0, 0.05) is 0 Å². The molecule has 0 spiro atoms. The molecular weight excluding hydrogens is 228 g/mol. The summed E-state index contributed by atoms with van der Waals surface area (Å²) in [5.41, 5.74) is 0. The molecule has 100 valence electrons. The predicted molar refractivity (Wildman–Crippen MR) is 48.2 cm³/mol. The Kier molecular flexibility index (Phi) is 20.6. The molecule has 0 saturated carbocycles. The monoisotopic (exact) mass is 246 g/mol. The Morgan fingerprint density at radius 1 is 0.875 bits per heavy atom. The van der Waals surface area contributed by atoms with Gasteiger partial charge in [-0.15, -0.1) is 0 Å². The molecule has 10 nitrogen and oxygen atoms in total. The van der Waals surface area contributed by atoms with Crippen molar-refractivity contribution in [3.05, 3.63) is 0 Å². The van der Waals surface area contributed by atoms with Crippen molar-refractivity contribution in [2.45, 2.75) is 12.2 Å². The van der Waals surface area contributed by atoms with Crippen LogP contribution in [0.5, 0.6) is 0 Å². The van der Waals surface area contributed by atoms with Crippen LogP contribution in [0, 0.1) is 0 Å². The van der Waals surface area contributed by atoms with E-state index in [1.165, 1.54) is 0 Å². The average molecular weight is 246 g/mol. The summed E-state index contributed by atoms with van der Waals surface area (Å²) >= 11 is 0. The number of carboxylic acid groups (broad SMARTS) is 2. The highest BCUT2D eigenvalue weighted by atomic mass is 16.4.